The van der Waals surface area contributed by atoms with Crippen molar-refractivity contribution in [2.24, 2.45) is 0 Å². The van der Waals surface area contributed by atoms with Gasteiger partial charge in [-0.25, -0.2) is 8.78 Å². The molecule has 0 atom stereocenters. The Morgan fingerprint density at radius 1 is 0.950 bits per heavy atom. The smallest absolute Gasteiger partial charge is 0.159 e. The van der Waals surface area contributed by atoms with E-state index in [1.807, 2.05) is 0 Å². The standard InChI is InChI=1S/C15H9ClF2N2/c1-8-6-7-11(17)12(13(8)18)14-9-4-2-3-5-10(9)15(16)20-19-14/h2-7H,1H3. The van der Waals surface area contributed by atoms with Crippen molar-refractivity contribution in [1.29, 1.82) is 0 Å². The highest BCUT2D eigenvalue weighted by molar-refractivity contribution is 6.34. The lowest BCUT2D eigenvalue weighted by Crippen LogP contribution is -1.98. The van der Waals surface area contributed by atoms with Gasteiger partial charge in [0.1, 0.15) is 17.3 Å². The number of halogens is 3. The van der Waals surface area contributed by atoms with Gasteiger partial charge in [0.25, 0.3) is 0 Å². The van der Waals surface area contributed by atoms with Crippen molar-refractivity contribution in [1.82, 2.24) is 10.2 Å². The molecule has 0 spiro atoms. The van der Waals surface area contributed by atoms with Crippen molar-refractivity contribution >= 4 is 22.4 Å². The van der Waals surface area contributed by atoms with Gasteiger partial charge in [0.15, 0.2) is 5.15 Å². The average Bonchev–Trinajstić information content (AvgIpc) is 2.46. The summed E-state index contributed by atoms with van der Waals surface area (Å²) in [5, 5.41) is 9.04. The van der Waals surface area contributed by atoms with Crippen molar-refractivity contribution in [2.45, 2.75) is 6.92 Å². The largest absolute Gasteiger partial charge is 0.206 e. The Balaban J connectivity index is 2.42. The third-order valence-corrected chi connectivity index (χ3v) is 3.44. The maximum atomic E-state index is 14.2. The maximum Gasteiger partial charge on any atom is 0.159 e. The van der Waals surface area contributed by atoms with Crippen molar-refractivity contribution < 1.29 is 8.78 Å². The summed E-state index contributed by atoms with van der Waals surface area (Å²) in [7, 11) is 0. The molecule has 0 bridgehead atoms. The van der Waals surface area contributed by atoms with Gasteiger partial charge in [-0.05, 0) is 18.6 Å². The van der Waals surface area contributed by atoms with Gasteiger partial charge in [-0.1, -0.05) is 41.9 Å². The van der Waals surface area contributed by atoms with E-state index >= 15 is 0 Å². The van der Waals surface area contributed by atoms with Gasteiger partial charge < -0.3 is 0 Å². The monoisotopic (exact) mass is 290 g/mol. The van der Waals surface area contributed by atoms with Crippen molar-refractivity contribution in [2.75, 3.05) is 0 Å². The number of hydrogen-bond donors (Lipinski definition) is 0. The minimum absolute atomic E-state index is 0.156. The molecule has 0 aliphatic heterocycles. The highest BCUT2D eigenvalue weighted by atomic mass is 35.5. The molecule has 0 amide bonds. The minimum Gasteiger partial charge on any atom is -0.206 e. The topological polar surface area (TPSA) is 25.8 Å². The Morgan fingerprint density at radius 3 is 2.40 bits per heavy atom. The fourth-order valence-corrected chi connectivity index (χ4v) is 2.33. The normalized spacial score (nSPS) is 11.0. The molecule has 2 aromatic carbocycles. The molecule has 0 aliphatic rings. The lowest BCUT2D eigenvalue weighted by Gasteiger charge is -2.09. The summed E-state index contributed by atoms with van der Waals surface area (Å²) in [6, 6.07) is 9.60. The van der Waals surface area contributed by atoms with Crippen molar-refractivity contribution in [3.63, 3.8) is 0 Å². The molecule has 2 nitrogen and oxygen atoms in total. The summed E-state index contributed by atoms with van der Waals surface area (Å²) in [6.07, 6.45) is 0. The summed E-state index contributed by atoms with van der Waals surface area (Å²) in [6.45, 7) is 1.57. The van der Waals surface area contributed by atoms with Crippen LogP contribution >= 0.6 is 11.6 Å². The number of nitrogens with zero attached hydrogens (tertiary/aromatic N) is 2. The zero-order valence-corrected chi connectivity index (χ0v) is 11.2. The second-order valence-electron chi connectivity index (χ2n) is 4.44. The quantitative estimate of drug-likeness (QED) is 0.658. The molecule has 0 fully saturated rings. The lowest BCUT2D eigenvalue weighted by atomic mass is 10.0. The van der Waals surface area contributed by atoms with Gasteiger partial charge >= 0.3 is 0 Å². The zero-order valence-electron chi connectivity index (χ0n) is 10.5. The molecule has 3 rings (SSSR count). The molecule has 0 saturated carbocycles. The predicted molar refractivity (Wildman–Crippen MR) is 74.6 cm³/mol. The predicted octanol–water partition coefficient (Wildman–Crippen LogP) is 4.54. The molecule has 3 aromatic rings. The summed E-state index contributed by atoms with van der Waals surface area (Å²) < 4.78 is 28.2. The highest BCUT2D eigenvalue weighted by Crippen LogP contribution is 2.33. The first-order valence-electron chi connectivity index (χ1n) is 5.95. The Hall–Kier alpha value is -2.07. The maximum absolute atomic E-state index is 14.2. The first-order chi connectivity index (χ1) is 9.59. The summed E-state index contributed by atoms with van der Waals surface area (Å²) >= 11 is 5.97. The second-order valence-corrected chi connectivity index (χ2v) is 4.80. The summed E-state index contributed by atoms with van der Waals surface area (Å²) in [5.41, 5.74) is 0.330. The van der Waals surface area contributed by atoms with Crippen LogP contribution < -0.4 is 0 Å². The molecule has 100 valence electrons. The number of aromatic nitrogens is 2. The van der Waals surface area contributed by atoms with Gasteiger partial charge in [0, 0.05) is 10.8 Å². The van der Waals surface area contributed by atoms with E-state index < -0.39 is 11.6 Å². The Kier molecular flexibility index (Phi) is 3.10. The Morgan fingerprint density at radius 2 is 1.65 bits per heavy atom. The molecule has 0 radical (unpaired) electrons. The van der Waals surface area contributed by atoms with E-state index in [9.17, 15) is 8.78 Å². The van der Waals surface area contributed by atoms with Crippen LogP contribution in [0.4, 0.5) is 8.78 Å². The fraction of sp³-hybridized carbons (Fsp3) is 0.0667. The molecule has 5 heteroatoms. The average molecular weight is 291 g/mol. The number of hydrogen-bond acceptors (Lipinski definition) is 2. The van der Waals surface area contributed by atoms with Gasteiger partial charge in [-0.2, -0.15) is 0 Å². The van der Waals surface area contributed by atoms with E-state index in [-0.39, 0.29) is 16.4 Å². The number of fused-ring (bicyclic) bond motifs is 1. The van der Waals surface area contributed by atoms with Crippen molar-refractivity contribution in [3.05, 3.63) is 58.7 Å². The van der Waals surface area contributed by atoms with Crippen molar-refractivity contribution in [3.8, 4) is 11.3 Å². The molecule has 0 unspecified atom stereocenters. The molecular weight excluding hydrogens is 282 g/mol. The van der Waals surface area contributed by atoms with Crippen LogP contribution in [0.3, 0.4) is 0 Å². The van der Waals surface area contributed by atoms with E-state index in [2.05, 4.69) is 10.2 Å². The van der Waals surface area contributed by atoms with Crippen LogP contribution in [0.5, 0.6) is 0 Å². The SMILES string of the molecule is Cc1ccc(F)c(-c2nnc(Cl)c3ccccc23)c1F. The van der Waals surface area contributed by atoms with E-state index in [1.165, 1.54) is 12.1 Å². The van der Waals surface area contributed by atoms with Gasteiger partial charge in [-0.3, -0.25) is 0 Å². The first kappa shape index (κ1) is 12.9. The molecule has 0 N–H and O–H groups in total. The van der Waals surface area contributed by atoms with Crippen LogP contribution in [0.25, 0.3) is 22.0 Å². The summed E-state index contributed by atoms with van der Waals surface area (Å²) in [5.74, 6) is -1.30. The van der Waals surface area contributed by atoms with Crippen LogP contribution in [-0.4, -0.2) is 10.2 Å². The van der Waals surface area contributed by atoms with Crippen LogP contribution in [0.2, 0.25) is 5.15 Å². The van der Waals surface area contributed by atoms with Gasteiger partial charge in [-0.15, -0.1) is 10.2 Å². The molecule has 0 saturated heterocycles. The minimum atomic E-state index is -0.671. The molecule has 0 aliphatic carbocycles. The van der Waals surface area contributed by atoms with Gasteiger partial charge in [0.05, 0.1) is 5.56 Å². The molecule has 20 heavy (non-hydrogen) atoms. The number of benzene rings is 2. The number of aryl methyl sites for hydroxylation is 1. The van der Waals surface area contributed by atoms with E-state index in [4.69, 9.17) is 11.6 Å². The van der Waals surface area contributed by atoms with Gasteiger partial charge in [0.2, 0.25) is 0 Å². The third kappa shape index (κ3) is 1.93. The Bertz CT molecular complexity index is 818. The third-order valence-electron chi connectivity index (χ3n) is 3.16. The zero-order chi connectivity index (χ0) is 14.3. The van der Waals surface area contributed by atoms with E-state index in [1.54, 1.807) is 31.2 Å². The van der Waals surface area contributed by atoms with E-state index in [0.717, 1.165) is 0 Å². The first-order valence-corrected chi connectivity index (χ1v) is 6.33. The lowest BCUT2D eigenvalue weighted by molar-refractivity contribution is 0.582. The van der Waals surface area contributed by atoms with Crippen LogP contribution in [0, 0.1) is 18.6 Å². The molecule has 1 heterocycles. The van der Waals surface area contributed by atoms with E-state index in [0.29, 0.717) is 16.3 Å². The molecule has 1 aromatic heterocycles. The van der Waals surface area contributed by atoms with Crippen LogP contribution in [0.15, 0.2) is 36.4 Å². The fourth-order valence-electron chi connectivity index (χ4n) is 2.13. The van der Waals surface area contributed by atoms with Crippen LogP contribution in [0.1, 0.15) is 5.56 Å². The second kappa shape index (κ2) is 4.80. The summed E-state index contributed by atoms with van der Waals surface area (Å²) in [4.78, 5) is 0. The Labute approximate surface area is 119 Å². The highest BCUT2D eigenvalue weighted by Gasteiger charge is 2.18. The molecular formula is C15H9ClF2N2. The number of rotatable bonds is 1. The van der Waals surface area contributed by atoms with Crippen LogP contribution in [-0.2, 0) is 0 Å².